The molecule has 110 valence electrons. The van der Waals surface area contributed by atoms with Crippen LogP contribution in [0.1, 0.15) is 35.2 Å². The van der Waals surface area contributed by atoms with Crippen LogP contribution in [0.4, 0.5) is 11.4 Å². The van der Waals surface area contributed by atoms with Gasteiger partial charge in [-0.2, -0.15) is 0 Å². The minimum atomic E-state index is -0.377. The van der Waals surface area contributed by atoms with Crippen LogP contribution < -0.4 is 10.6 Å². The lowest BCUT2D eigenvalue weighted by Gasteiger charge is -2.10. The molecule has 0 spiro atoms. The van der Waals surface area contributed by atoms with Crippen LogP contribution in [0.2, 0.25) is 0 Å². The molecule has 2 aromatic rings. The maximum absolute atomic E-state index is 12.0. The first kappa shape index (κ1) is 14.8. The minimum Gasteiger partial charge on any atom is -0.351 e. The van der Waals surface area contributed by atoms with Crippen molar-refractivity contribution in [2.75, 3.05) is 10.6 Å². The van der Waals surface area contributed by atoms with Crippen molar-refractivity contribution in [1.82, 2.24) is 5.16 Å². The summed E-state index contributed by atoms with van der Waals surface area (Å²) in [5.74, 6) is -0.311. The Hall–Kier alpha value is -2.63. The number of carbonyl (C=O) groups is 2. The van der Waals surface area contributed by atoms with Gasteiger partial charge in [-0.25, -0.2) is 0 Å². The molecule has 1 aromatic carbocycles. The monoisotopic (exact) mass is 287 g/mol. The molecule has 0 fully saturated rings. The first-order chi connectivity index (χ1) is 9.99. The topological polar surface area (TPSA) is 84.2 Å². The van der Waals surface area contributed by atoms with E-state index in [4.69, 9.17) is 4.52 Å². The van der Waals surface area contributed by atoms with Crippen molar-refractivity contribution in [1.29, 1.82) is 0 Å². The quantitative estimate of drug-likeness (QED) is 0.905. The molecule has 0 unspecified atom stereocenters. The van der Waals surface area contributed by atoms with Crippen LogP contribution in [0.15, 0.2) is 28.8 Å². The van der Waals surface area contributed by atoms with Crippen molar-refractivity contribution in [3.63, 3.8) is 0 Å². The Morgan fingerprint density at radius 3 is 2.57 bits per heavy atom. The highest BCUT2D eigenvalue weighted by atomic mass is 16.5. The number of amides is 2. The molecule has 0 aliphatic carbocycles. The molecule has 0 bridgehead atoms. The SMILES string of the molecule is CCC(=O)Nc1ccc(C)c(NC(=O)c2cc(C)no2)c1. The fourth-order valence-corrected chi connectivity index (χ4v) is 1.74. The second-order valence-corrected chi connectivity index (χ2v) is 4.72. The van der Waals surface area contributed by atoms with Gasteiger partial charge in [0.1, 0.15) is 0 Å². The fraction of sp³-hybridized carbons (Fsp3) is 0.267. The highest BCUT2D eigenvalue weighted by Gasteiger charge is 2.13. The van der Waals surface area contributed by atoms with Crippen LogP contribution in [0.3, 0.4) is 0 Å². The molecule has 2 rings (SSSR count). The first-order valence-electron chi connectivity index (χ1n) is 6.64. The molecule has 0 atom stereocenters. The summed E-state index contributed by atoms with van der Waals surface area (Å²) in [5.41, 5.74) is 2.77. The molecule has 0 aliphatic rings. The maximum atomic E-state index is 12.0. The number of rotatable bonds is 4. The number of nitrogens with zero attached hydrogens (tertiary/aromatic N) is 1. The predicted molar refractivity (Wildman–Crippen MR) is 79.3 cm³/mol. The number of nitrogens with one attached hydrogen (secondary N) is 2. The van der Waals surface area contributed by atoms with Crippen molar-refractivity contribution in [3.05, 3.63) is 41.3 Å². The highest BCUT2D eigenvalue weighted by molar-refractivity contribution is 6.03. The zero-order valence-electron chi connectivity index (χ0n) is 12.2. The largest absolute Gasteiger partial charge is 0.351 e. The summed E-state index contributed by atoms with van der Waals surface area (Å²) in [7, 11) is 0. The molecule has 1 heterocycles. The standard InChI is InChI=1S/C15H17N3O3/c1-4-14(19)16-11-6-5-9(2)12(8-11)17-15(20)13-7-10(3)18-21-13/h5-8H,4H2,1-3H3,(H,16,19)(H,17,20). The van der Waals surface area contributed by atoms with Crippen LogP contribution >= 0.6 is 0 Å². The summed E-state index contributed by atoms with van der Waals surface area (Å²) in [5, 5.41) is 9.17. The van der Waals surface area contributed by atoms with Gasteiger partial charge in [-0.3, -0.25) is 9.59 Å². The van der Waals surface area contributed by atoms with Gasteiger partial charge in [0.2, 0.25) is 11.7 Å². The normalized spacial score (nSPS) is 10.2. The van der Waals surface area contributed by atoms with E-state index in [9.17, 15) is 9.59 Å². The lowest BCUT2D eigenvalue weighted by molar-refractivity contribution is -0.115. The number of carbonyl (C=O) groups excluding carboxylic acids is 2. The summed E-state index contributed by atoms with van der Waals surface area (Å²) in [6.45, 7) is 5.39. The summed E-state index contributed by atoms with van der Waals surface area (Å²) in [6.07, 6.45) is 0.396. The van der Waals surface area contributed by atoms with Crippen LogP contribution in [0, 0.1) is 13.8 Å². The Bertz CT molecular complexity index is 677. The second-order valence-electron chi connectivity index (χ2n) is 4.72. The molecular formula is C15H17N3O3. The van der Waals surface area contributed by atoms with Gasteiger partial charge in [0.05, 0.1) is 5.69 Å². The third-order valence-electron chi connectivity index (χ3n) is 2.94. The Morgan fingerprint density at radius 1 is 1.19 bits per heavy atom. The molecule has 0 saturated carbocycles. The van der Waals surface area contributed by atoms with E-state index in [2.05, 4.69) is 15.8 Å². The smallest absolute Gasteiger partial charge is 0.294 e. The summed E-state index contributed by atoms with van der Waals surface area (Å²) >= 11 is 0. The van der Waals surface area contributed by atoms with E-state index in [-0.39, 0.29) is 17.6 Å². The van der Waals surface area contributed by atoms with Crippen molar-refractivity contribution in [2.24, 2.45) is 0 Å². The van der Waals surface area contributed by atoms with Gasteiger partial charge >= 0.3 is 0 Å². The molecule has 6 heteroatoms. The van der Waals surface area contributed by atoms with Crippen molar-refractivity contribution in [2.45, 2.75) is 27.2 Å². The van der Waals surface area contributed by atoms with E-state index in [1.807, 2.05) is 13.0 Å². The number of aryl methyl sites for hydroxylation is 2. The maximum Gasteiger partial charge on any atom is 0.294 e. The molecule has 2 N–H and O–H groups in total. The van der Waals surface area contributed by atoms with Crippen LogP contribution in [0.25, 0.3) is 0 Å². The Kier molecular flexibility index (Phi) is 4.37. The van der Waals surface area contributed by atoms with Gasteiger partial charge in [0.15, 0.2) is 0 Å². The number of anilines is 2. The fourth-order valence-electron chi connectivity index (χ4n) is 1.74. The molecule has 1 aromatic heterocycles. The van der Waals surface area contributed by atoms with E-state index >= 15 is 0 Å². The molecule has 0 radical (unpaired) electrons. The zero-order valence-corrected chi connectivity index (χ0v) is 12.2. The third kappa shape index (κ3) is 3.68. The predicted octanol–water partition coefficient (Wildman–Crippen LogP) is 2.89. The van der Waals surface area contributed by atoms with Gasteiger partial charge in [0, 0.05) is 23.9 Å². The lowest BCUT2D eigenvalue weighted by Crippen LogP contribution is -2.13. The van der Waals surface area contributed by atoms with Gasteiger partial charge in [-0.05, 0) is 31.5 Å². The van der Waals surface area contributed by atoms with Crippen LogP contribution in [0.5, 0.6) is 0 Å². The van der Waals surface area contributed by atoms with Crippen LogP contribution in [-0.4, -0.2) is 17.0 Å². The summed E-state index contributed by atoms with van der Waals surface area (Å²) in [6, 6.07) is 6.89. The lowest BCUT2D eigenvalue weighted by atomic mass is 10.1. The Balaban J connectivity index is 2.17. The molecule has 21 heavy (non-hydrogen) atoms. The highest BCUT2D eigenvalue weighted by Crippen LogP contribution is 2.21. The van der Waals surface area contributed by atoms with Gasteiger partial charge in [0.25, 0.3) is 5.91 Å². The summed E-state index contributed by atoms with van der Waals surface area (Å²) in [4.78, 5) is 23.4. The Morgan fingerprint density at radius 2 is 1.95 bits per heavy atom. The minimum absolute atomic E-state index is 0.0815. The van der Waals surface area contributed by atoms with E-state index in [0.29, 0.717) is 23.5 Å². The Labute approximate surface area is 122 Å². The molecule has 0 aliphatic heterocycles. The van der Waals surface area contributed by atoms with Gasteiger partial charge in [-0.1, -0.05) is 18.1 Å². The van der Waals surface area contributed by atoms with E-state index in [1.165, 1.54) is 0 Å². The van der Waals surface area contributed by atoms with E-state index in [1.54, 1.807) is 32.0 Å². The average Bonchev–Trinajstić information content (AvgIpc) is 2.89. The first-order valence-corrected chi connectivity index (χ1v) is 6.64. The third-order valence-corrected chi connectivity index (χ3v) is 2.94. The van der Waals surface area contributed by atoms with Gasteiger partial charge < -0.3 is 15.2 Å². The average molecular weight is 287 g/mol. The number of hydrogen-bond donors (Lipinski definition) is 2. The molecule has 2 amide bonds. The second kappa shape index (κ2) is 6.21. The van der Waals surface area contributed by atoms with E-state index < -0.39 is 0 Å². The van der Waals surface area contributed by atoms with Gasteiger partial charge in [-0.15, -0.1) is 0 Å². The number of hydrogen-bond acceptors (Lipinski definition) is 4. The van der Waals surface area contributed by atoms with Crippen molar-refractivity contribution < 1.29 is 14.1 Å². The number of aromatic nitrogens is 1. The summed E-state index contributed by atoms with van der Waals surface area (Å²) < 4.78 is 4.92. The van der Waals surface area contributed by atoms with Crippen molar-refractivity contribution >= 4 is 23.2 Å². The van der Waals surface area contributed by atoms with E-state index in [0.717, 1.165) is 5.56 Å². The number of benzene rings is 1. The van der Waals surface area contributed by atoms with Crippen molar-refractivity contribution in [3.8, 4) is 0 Å². The van der Waals surface area contributed by atoms with Crippen LogP contribution in [-0.2, 0) is 4.79 Å². The molecule has 0 saturated heterocycles. The zero-order chi connectivity index (χ0) is 15.4. The molecular weight excluding hydrogens is 270 g/mol. The molecule has 6 nitrogen and oxygen atoms in total.